The second-order valence-electron chi connectivity index (χ2n) is 6.77. The van der Waals surface area contributed by atoms with Crippen LogP contribution in [0.15, 0.2) is 53.1 Å². The highest BCUT2D eigenvalue weighted by Crippen LogP contribution is 2.24. The molecule has 0 aliphatic rings. The molecule has 0 bridgehead atoms. The molecule has 6 heteroatoms. The number of aryl methyl sites for hydroxylation is 1. The Kier molecular flexibility index (Phi) is 6.99. The first-order chi connectivity index (χ1) is 14.0. The van der Waals surface area contributed by atoms with Gasteiger partial charge in [0.25, 0.3) is 5.91 Å². The van der Waals surface area contributed by atoms with Crippen molar-refractivity contribution in [3.05, 3.63) is 86.9 Å². The van der Waals surface area contributed by atoms with Gasteiger partial charge in [-0.25, -0.2) is 9.97 Å². The summed E-state index contributed by atoms with van der Waals surface area (Å²) in [7, 11) is 1.67. The highest BCUT2D eigenvalue weighted by atomic mass is 79.9. The number of hydrogen-bond acceptors (Lipinski definition) is 4. The number of hydrogen-bond donors (Lipinski definition) is 1. The summed E-state index contributed by atoms with van der Waals surface area (Å²) >= 11 is 3.56. The quantitative estimate of drug-likeness (QED) is 0.572. The predicted octanol–water partition coefficient (Wildman–Crippen LogP) is 4.49. The van der Waals surface area contributed by atoms with E-state index in [2.05, 4.69) is 39.2 Å². The van der Waals surface area contributed by atoms with Crippen LogP contribution < -0.4 is 10.1 Å². The van der Waals surface area contributed by atoms with Gasteiger partial charge in [-0.05, 0) is 47.5 Å². The normalized spacial score (nSPS) is 10.6. The molecule has 3 rings (SSSR count). The molecule has 1 heterocycles. The maximum atomic E-state index is 12.4. The molecule has 3 aromatic rings. The van der Waals surface area contributed by atoms with Crippen LogP contribution in [0.3, 0.4) is 0 Å². The number of benzene rings is 2. The molecule has 0 spiro atoms. The van der Waals surface area contributed by atoms with Gasteiger partial charge in [0.2, 0.25) is 0 Å². The Morgan fingerprint density at radius 3 is 2.69 bits per heavy atom. The molecule has 0 aliphatic heterocycles. The summed E-state index contributed by atoms with van der Waals surface area (Å²) in [5.41, 5.74) is 4.65. The van der Waals surface area contributed by atoms with Crippen molar-refractivity contribution >= 4 is 21.8 Å². The Bertz CT molecular complexity index is 1020. The summed E-state index contributed by atoms with van der Waals surface area (Å²) in [5, 5.41) is 2.87. The molecule has 0 fully saturated rings. The Morgan fingerprint density at radius 2 is 1.93 bits per heavy atom. The molecule has 2 aromatic carbocycles. The standard InChI is InChI=1S/C23H24BrN3O2/c1-4-25-23(28)18-8-6-5-7-16(18)12-20-19(24)14-26-22(27-20)13-17-11-15(2)9-10-21(17)29-3/h5-11,14H,4,12-13H2,1-3H3,(H,25,28). The van der Waals surface area contributed by atoms with Gasteiger partial charge in [0.15, 0.2) is 0 Å². The minimum atomic E-state index is -0.0713. The van der Waals surface area contributed by atoms with Gasteiger partial charge in [-0.3, -0.25) is 4.79 Å². The van der Waals surface area contributed by atoms with Crippen LogP contribution in [0, 0.1) is 6.92 Å². The molecule has 0 radical (unpaired) electrons. The molecular weight excluding hydrogens is 430 g/mol. The Balaban J connectivity index is 1.90. The molecule has 0 unspecified atom stereocenters. The minimum Gasteiger partial charge on any atom is -0.496 e. The third-order valence-corrected chi connectivity index (χ3v) is 5.27. The maximum absolute atomic E-state index is 12.4. The molecule has 0 atom stereocenters. The predicted molar refractivity (Wildman–Crippen MR) is 118 cm³/mol. The highest BCUT2D eigenvalue weighted by Gasteiger charge is 2.14. The number of nitrogens with zero attached hydrogens (tertiary/aromatic N) is 2. The van der Waals surface area contributed by atoms with Crippen LogP contribution in [-0.4, -0.2) is 29.5 Å². The smallest absolute Gasteiger partial charge is 0.251 e. The second-order valence-corrected chi connectivity index (χ2v) is 7.62. The van der Waals surface area contributed by atoms with Gasteiger partial charge >= 0.3 is 0 Å². The number of halogens is 1. The summed E-state index contributed by atoms with van der Waals surface area (Å²) in [5.74, 6) is 1.46. The van der Waals surface area contributed by atoms with Crippen molar-refractivity contribution in [2.24, 2.45) is 0 Å². The van der Waals surface area contributed by atoms with Crippen LogP contribution in [0.4, 0.5) is 0 Å². The number of methoxy groups -OCH3 is 1. The number of carbonyl (C=O) groups excluding carboxylic acids is 1. The van der Waals surface area contributed by atoms with Gasteiger partial charge in [-0.15, -0.1) is 0 Å². The van der Waals surface area contributed by atoms with Crippen molar-refractivity contribution in [1.29, 1.82) is 0 Å². The lowest BCUT2D eigenvalue weighted by Crippen LogP contribution is -2.24. The third-order valence-electron chi connectivity index (χ3n) is 4.61. The average Bonchev–Trinajstić information content (AvgIpc) is 2.71. The number of ether oxygens (including phenoxy) is 1. The topological polar surface area (TPSA) is 64.1 Å². The van der Waals surface area contributed by atoms with E-state index in [1.807, 2.05) is 43.3 Å². The molecule has 29 heavy (non-hydrogen) atoms. The van der Waals surface area contributed by atoms with Crippen LogP contribution in [0.1, 0.15) is 45.5 Å². The zero-order valence-electron chi connectivity index (χ0n) is 16.8. The van der Waals surface area contributed by atoms with Crippen LogP contribution in [0.2, 0.25) is 0 Å². The van der Waals surface area contributed by atoms with E-state index in [-0.39, 0.29) is 5.91 Å². The van der Waals surface area contributed by atoms with Gasteiger partial charge in [0.05, 0.1) is 17.3 Å². The van der Waals surface area contributed by atoms with E-state index in [4.69, 9.17) is 9.72 Å². The fraction of sp³-hybridized carbons (Fsp3) is 0.261. The fourth-order valence-corrected chi connectivity index (χ4v) is 3.53. The Morgan fingerprint density at radius 1 is 1.14 bits per heavy atom. The van der Waals surface area contributed by atoms with Crippen LogP contribution in [-0.2, 0) is 12.8 Å². The van der Waals surface area contributed by atoms with E-state index in [1.54, 1.807) is 13.3 Å². The fourth-order valence-electron chi connectivity index (χ4n) is 3.20. The number of nitrogens with one attached hydrogen (secondary N) is 1. The van der Waals surface area contributed by atoms with E-state index >= 15 is 0 Å². The van der Waals surface area contributed by atoms with Crippen molar-refractivity contribution in [2.45, 2.75) is 26.7 Å². The Hall–Kier alpha value is -2.73. The molecule has 1 aromatic heterocycles. The first kappa shape index (κ1) is 21.0. The largest absolute Gasteiger partial charge is 0.496 e. The number of aromatic nitrogens is 2. The van der Waals surface area contributed by atoms with E-state index in [0.29, 0.717) is 30.8 Å². The molecule has 0 aliphatic carbocycles. The summed E-state index contributed by atoms with van der Waals surface area (Å²) in [4.78, 5) is 21.6. The van der Waals surface area contributed by atoms with E-state index in [1.165, 1.54) is 0 Å². The molecule has 1 amide bonds. The minimum absolute atomic E-state index is 0.0713. The summed E-state index contributed by atoms with van der Waals surface area (Å²) in [6.45, 7) is 4.55. The zero-order valence-corrected chi connectivity index (χ0v) is 18.4. The number of carbonyl (C=O) groups is 1. The Labute approximate surface area is 179 Å². The van der Waals surface area contributed by atoms with E-state index < -0.39 is 0 Å². The first-order valence-corrected chi connectivity index (χ1v) is 10.3. The van der Waals surface area contributed by atoms with Crippen molar-refractivity contribution in [3.8, 4) is 5.75 Å². The molecule has 1 N–H and O–H groups in total. The van der Waals surface area contributed by atoms with Crippen LogP contribution in [0.25, 0.3) is 0 Å². The molecular formula is C23H24BrN3O2. The van der Waals surface area contributed by atoms with Crippen molar-refractivity contribution < 1.29 is 9.53 Å². The molecule has 5 nitrogen and oxygen atoms in total. The zero-order chi connectivity index (χ0) is 20.8. The molecule has 150 valence electrons. The van der Waals surface area contributed by atoms with Crippen molar-refractivity contribution in [3.63, 3.8) is 0 Å². The molecule has 0 saturated carbocycles. The summed E-state index contributed by atoms with van der Waals surface area (Å²) in [6.07, 6.45) is 2.88. The maximum Gasteiger partial charge on any atom is 0.251 e. The lowest BCUT2D eigenvalue weighted by molar-refractivity contribution is 0.0955. The van der Waals surface area contributed by atoms with E-state index in [9.17, 15) is 4.79 Å². The second kappa shape index (κ2) is 9.65. The number of rotatable bonds is 7. The monoisotopic (exact) mass is 453 g/mol. The lowest BCUT2D eigenvalue weighted by Gasteiger charge is -2.12. The lowest BCUT2D eigenvalue weighted by atomic mass is 10.0. The highest BCUT2D eigenvalue weighted by molar-refractivity contribution is 9.10. The van der Waals surface area contributed by atoms with Gasteiger partial charge in [-0.1, -0.05) is 35.9 Å². The number of amides is 1. The third kappa shape index (κ3) is 5.21. The van der Waals surface area contributed by atoms with Crippen molar-refractivity contribution in [2.75, 3.05) is 13.7 Å². The van der Waals surface area contributed by atoms with Crippen LogP contribution in [0.5, 0.6) is 5.75 Å². The summed E-state index contributed by atoms with van der Waals surface area (Å²) < 4.78 is 6.30. The average molecular weight is 454 g/mol. The van der Waals surface area contributed by atoms with E-state index in [0.717, 1.165) is 32.6 Å². The van der Waals surface area contributed by atoms with Gasteiger partial charge < -0.3 is 10.1 Å². The van der Waals surface area contributed by atoms with Gasteiger partial charge in [0, 0.05) is 36.7 Å². The van der Waals surface area contributed by atoms with Gasteiger partial charge in [0.1, 0.15) is 11.6 Å². The first-order valence-electron chi connectivity index (χ1n) is 9.51. The van der Waals surface area contributed by atoms with Crippen LogP contribution >= 0.6 is 15.9 Å². The SMILES string of the molecule is CCNC(=O)c1ccccc1Cc1nc(Cc2cc(C)ccc2OC)ncc1Br. The molecule has 0 saturated heterocycles. The van der Waals surface area contributed by atoms with Gasteiger partial charge in [-0.2, -0.15) is 0 Å². The van der Waals surface area contributed by atoms with Crippen molar-refractivity contribution in [1.82, 2.24) is 15.3 Å². The summed E-state index contributed by atoms with van der Waals surface area (Å²) in [6, 6.07) is 13.7.